The zero-order valence-electron chi connectivity index (χ0n) is 21.0. The van der Waals surface area contributed by atoms with E-state index in [1.54, 1.807) is 6.92 Å². The summed E-state index contributed by atoms with van der Waals surface area (Å²) in [6.45, 7) is 7.52. The number of aromatic nitrogens is 1. The molecule has 1 spiro atoms. The van der Waals surface area contributed by atoms with Crippen LogP contribution in [0, 0.1) is 6.92 Å². The quantitative estimate of drug-likeness (QED) is 0.495. The molecule has 1 unspecified atom stereocenters. The molecular formula is C28H34N4O4. The second kappa shape index (κ2) is 10.2. The number of para-hydroxylation sites is 1. The number of urea groups is 1. The predicted octanol–water partition coefficient (Wildman–Crippen LogP) is 3.59. The van der Waals surface area contributed by atoms with Crippen LogP contribution in [0.15, 0.2) is 48.5 Å². The maximum absolute atomic E-state index is 13.4. The Bertz CT molecular complexity index is 1240. The monoisotopic (exact) mass is 490 g/mol. The van der Waals surface area contributed by atoms with E-state index in [1.807, 2.05) is 35.2 Å². The molecule has 0 aliphatic carbocycles. The summed E-state index contributed by atoms with van der Waals surface area (Å²) in [5.41, 5.74) is 4.24. The molecule has 5 rings (SSSR count). The number of likely N-dealkylation sites (tertiary alicyclic amines) is 1. The smallest absolute Gasteiger partial charge is 0.325 e. The van der Waals surface area contributed by atoms with Crippen molar-refractivity contribution >= 4 is 22.9 Å². The molecule has 2 aliphatic heterocycles. The summed E-state index contributed by atoms with van der Waals surface area (Å²) in [7, 11) is 0. The molecular weight excluding hydrogens is 456 g/mol. The summed E-state index contributed by atoms with van der Waals surface area (Å²) < 4.78 is 10.9. The number of amides is 2. The fraction of sp³-hybridized carbons (Fsp3) is 0.429. The Morgan fingerprint density at radius 1 is 1.14 bits per heavy atom. The minimum atomic E-state index is -0.494. The van der Waals surface area contributed by atoms with Gasteiger partial charge >= 0.3 is 12.0 Å². The lowest BCUT2D eigenvalue weighted by molar-refractivity contribution is -0.141. The van der Waals surface area contributed by atoms with Crippen molar-refractivity contribution in [3.05, 3.63) is 65.4 Å². The zero-order valence-corrected chi connectivity index (χ0v) is 21.0. The van der Waals surface area contributed by atoms with Gasteiger partial charge in [0.15, 0.2) is 0 Å². The molecule has 2 aromatic carbocycles. The first-order chi connectivity index (χ1) is 17.5. The molecule has 8 heteroatoms. The number of esters is 1. The van der Waals surface area contributed by atoms with E-state index >= 15 is 0 Å². The maximum atomic E-state index is 13.4. The average Bonchev–Trinajstić information content (AvgIpc) is 3.46. The van der Waals surface area contributed by atoms with Crippen molar-refractivity contribution in [2.75, 3.05) is 45.9 Å². The van der Waals surface area contributed by atoms with Gasteiger partial charge < -0.3 is 24.7 Å². The largest absolute Gasteiger partial charge is 0.492 e. The van der Waals surface area contributed by atoms with Crippen molar-refractivity contribution in [1.29, 1.82) is 0 Å². The van der Waals surface area contributed by atoms with Crippen molar-refractivity contribution in [3.63, 3.8) is 0 Å². The van der Waals surface area contributed by atoms with Gasteiger partial charge in [0.2, 0.25) is 0 Å². The molecule has 36 heavy (non-hydrogen) atoms. The van der Waals surface area contributed by atoms with Crippen molar-refractivity contribution in [1.82, 2.24) is 20.1 Å². The number of ether oxygens (including phenoxy) is 2. The Labute approximate surface area is 211 Å². The summed E-state index contributed by atoms with van der Waals surface area (Å²) in [5.74, 6) is 0.433. The zero-order chi connectivity index (χ0) is 25.1. The van der Waals surface area contributed by atoms with Crippen LogP contribution in [0.25, 0.3) is 10.9 Å². The second-order valence-electron chi connectivity index (χ2n) is 9.61. The van der Waals surface area contributed by atoms with Crippen molar-refractivity contribution in [2.45, 2.75) is 32.2 Å². The van der Waals surface area contributed by atoms with Gasteiger partial charge in [-0.15, -0.1) is 0 Å². The number of benzene rings is 2. The number of fused-ring (bicyclic) bond motifs is 4. The van der Waals surface area contributed by atoms with Gasteiger partial charge in [0.1, 0.15) is 18.9 Å². The summed E-state index contributed by atoms with van der Waals surface area (Å²) in [5, 5.41) is 4.03. The molecule has 1 saturated heterocycles. The number of hydrogen-bond donors (Lipinski definition) is 2. The van der Waals surface area contributed by atoms with Crippen LogP contribution in [-0.2, 0) is 21.5 Å². The average molecular weight is 491 g/mol. The minimum Gasteiger partial charge on any atom is -0.492 e. The highest BCUT2D eigenvalue weighted by Crippen LogP contribution is 2.44. The Kier molecular flexibility index (Phi) is 6.87. The Balaban J connectivity index is 1.39. The van der Waals surface area contributed by atoms with E-state index in [4.69, 9.17) is 9.47 Å². The molecule has 1 aromatic heterocycles. The molecule has 2 amide bonds. The SMILES string of the molecule is CCOC(=O)CNC(=O)N1CCc2c([nH]c3ccc(C)cc23)C12CCN(CCOc1ccccc1)C2. The molecule has 190 valence electrons. The Morgan fingerprint density at radius 3 is 2.78 bits per heavy atom. The first-order valence-electron chi connectivity index (χ1n) is 12.7. The number of aryl methyl sites for hydroxylation is 1. The van der Waals surface area contributed by atoms with Crippen molar-refractivity contribution in [2.24, 2.45) is 0 Å². The summed E-state index contributed by atoms with van der Waals surface area (Å²) in [6.07, 6.45) is 1.58. The molecule has 0 saturated carbocycles. The summed E-state index contributed by atoms with van der Waals surface area (Å²) in [4.78, 5) is 33.3. The van der Waals surface area contributed by atoms with E-state index in [2.05, 4.69) is 40.3 Å². The van der Waals surface area contributed by atoms with E-state index < -0.39 is 11.5 Å². The fourth-order valence-corrected chi connectivity index (χ4v) is 5.64. The van der Waals surface area contributed by atoms with E-state index in [1.165, 1.54) is 16.5 Å². The number of nitrogens with one attached hydrogen (secondary N) is 2. The molecule has 0 bridgehead atoms. The Morgan fingerprint density at radius 2 is 1.97 bits per heavy atom. The summed E-state index contributed by atoms with van der Waals surface area (Å²) >= 11 is 0. The van der Waals surface area contributed by atoms with Gasteiger partial charge in [-0.25, -0.2) is 4.79 Å². The van der Waals surface area contributed by atoms with Crippen molar-refractivity contribution < 1.29 is 19.1 Å². The van der Waals surface area contributed by atoms with E-state index in [0.29, 0.717) is 26.3 Å². The van der Waals surface area contributed by atoms with Crippen LogP contribution in [-0.4, -0.2) is 72.7 Å². The minimum absolute atomic E-state index is 0.132. The lowest BCUT2D eigenvalue weighted by Gasteiger charge is -2.44. The van der Waals surface area contributed by atoms with Gasteiger partial charge in [-0.1, -0.05) is 29.8 Å². The van der Waals surface area contributed by atoms with Gasteiger partial charge in [0.05, 0.1) is 12.1 Å². The lowest BCUT2D eigenvalue weighted by atomic mass is 9.84. The van der Waals surface area contributed by atoms with Crippen LogP contribution < -0.4 is 10.1 Å². The number of nitrogens with zero attached hydrogens (tertiary/aromatic N) is 2. The van der Waals surface area contributed by atoms with E-state index in [0.717, 1.165) is 42.9 Å². The maximum Gasteiger partial charge on any atom is 0.325 e. The fourth-order valence-electron chi connectivity index (χ4n) is 5.64. The van der Waals surface area contributed by atoms with Gasteiger partial charge in [-0.2, -0.15) is 0 Å². The van der Waals surface area contributed by atoms with Crippen LogP contribution in [0.3, 0.4) is 0 Å². The first kappa shape index (κ1) is 24.2. The van der Waals surface area contributed by atoms with Crippen LogP contribution in [0.1, 0.15) is 30.2 Å². The number of hydrogen-bond acceptors (Lipinski definition) is 5. The molecule has 8 nitrogen and oxygen atoms in total. The molecule has 0 radical (unpaired) electrons. The van der Waals surface area contributed by atoms with Crippen LogP contribution >= 0.6 is 0 Å². The standard InChI is InChI=1S/C28H34N4O4/c1-3-35-25(33)18-29-27(34)32-13-11-22-23-17-20(2)9-10-24(23)30-26(22)28(32)12-14-31(19-28)15-16-36-21-7-5-4-6-8-21/h4-10,17,30H,3,11-16,18-19H2,1-2H3,(H,29,34). The third-order valence-corrected chi connectivity index (χ3v) is 7.31. The number of carbonyl (C=O) groups is 2. The highest BCUT2D eigenvalue weighted by molar-refractivity contribution is 5.88. The van der Waals surface area contributed by atoms with Gasteiger partial charge in [0.25, 0.3) is 0 Å². The van der Waals surface area contributed by atoms with Gasteiger partial charge in [-0.05, 0) is 56.5 Å². The third kappa shape index (κ3) is 4.65. The van der Waals surface area contributed by atoms with Crippen LogP contribution in [0.4, 0.5) is 4.79 Å². The topological polar surface area (TPSA) is 86.9 Å². The lowest BCUT2D eigenvalue weighted by Crippen LogP contribution is -2.58. The van der Waals surface area contributed by atoms with Crippen LogP contribution in [0.5, 0.6) is 5.75 Å². The third-order valence-electron chi connectivity index (χ3n) is 7.31. The molecule has 1 fully saturated rings. The van der Waals surface area contributed by atoms with Crippen molar-refractivity contribution in [3.8, 4) is 5.75 Å². The highest BCUT2D eigenvalue weighted by Gasteiger charge is 2.51. The predicted molar refractivity (Wildman–Crippen MR) is 138 cm³/mol. The highest BCUT2D eigenvalue weighted by atomic mass is 16.5. The molecule has 2 aliphatic rings. The Hall–Kier alpha value is -3.52. The molecule has 2 N–H and O–H groups in total. The molecule has 3 aromatic rings. The van der Waals surface area contributed by atoms with Crippen LogP contribution in [0.2, 0.25) is 0 Å². The van der Waals surface area contributed by atoms with E-state index in [-0.39, 0.29) is 12.6 Å². The van der Waals surface area contributed by atoms with Gasteiger partial charge in [0, 0.05) is 42.8 Å². The number of carbonyl (C=O) groups excluding carboxylic acids is 2. The van der Waals surface area contributed by atoms with Gasteiger partial charge in [-0.3, -0.25) is 9.69 Å². The van der Waals surface area contributed by atoms with E-state index in [9.17, 15) is 9.59 Å². The molecule has 3 heterocycles. The number of aromatic amines is 1. The normalized spacial score (nSPS) is 19.4. The number of H-pyrrole nitrogens is 1. The first-order valence-corrected chi connectivity index (χ1v) is 12.7. The second-order valence-corrected chi connectivity index (χ2v) is 9.61. The number of rotatable bonds is 7. The molecule has 1 atom stereocenters. The summed E-state index contributed by atoms with van der Waals surface area (Å²) in [6, 6.07) is 16.1.